The van der Waals surface area contributed by atoms with Crippen LogP contribution in [-0.2, 0) is 19.1 Å². The zero-order valence-corrected chi connectivity index (χ0v) is 22.3. The van der Waals surface area contributed by atoms with Gasteiger partial charge in [-0.15, -0.1) is 11.3 Å². The summed E-state index contributed by atoms with van der Waals surface area (Å²) >= 11 is 1.47. The Labute approximate surface area is 219 Å². The molecule has 1 aliphatic rings. The van der Waals surface area contributed by atoms with Crippen molar-refractivity contribution < 1.29 is 28.5 Å². The van der Waals surface area contributed by atoms with Crippen molar-refractivity contribution in [1.82, 2.24) is 10.3 Å². The van der Waals surface area contributed by atoms with Gasteiger partial charge in [0.25, 0.3) is 0 Å². The minimum absolute atomic E-state index is 0.345. The van der Waals surface area contributed by atoms with E-state index in [9.17, 15) is 9.59 Å². The van der Waals surface area contributed by atoms with Crippen LogP contribution in [0.15, 0.2) is 70.4 Å². The zero-order chi connectivity index (χ0) is 26.7. The van der Waals surface area contributed by atoms with Crippen LogP contribution in [0.4, 0.5) is 0 Å². The monoisotopic (exact) mass is 520 g/mol. The number of benzene rings is 2. The highest BCUT2D eigenvalue weighted by atomic mass is 32.1. The Hall–Kier alpha value is -4.11. The van der Waals surface area contributed by atoms with Crippen LogP contribution >= 0.6 is 11.3 Å². The van der Waals surface area contributed by atoms with Gasteiger partial charge in [0.15, 0.2) is 11.5 Å². The maximum atomic E-state index is 12.9. The number of nitrogens with one attached hydrogen (secondary N) is 1. The van der Waals surface area contributed by atoms with Gasteiger partial charge in [0.2, 0.25) is 0 Å². The van der Waals surface area contributed by atoms with Crippen molar-refractivity contribution >= 4 is 23.3 Å². The molecule has 2 heterocycles. The fraction of sp³-hybridized carbons (Fsp3) is 0.250. The average Bonchev–Trinajstić information content (AvgIpc) is 3.41. The Morgan fingerprint density at radius 1 is 0.865 bits per heavy atom. The summed E-state index contributed by atoms with van der Waals surface area (Å²) in [5.41, 5.74) is 5.10. The molecule has 0 amide bonds. The molecule has 1 aliphatic heterocycles. The summed E-state index contributed by atoms with van der Waals surface area (Å²) < 4.78 is 21.0. The normalized spacial score (nSPS) is 13.8. The number of methoxy groups -OCH3 is 4. The number of aromatic nitrogens is 1. The summed E-state index contributed by atoms with van der Waals surface area (Å²) in [6.45, 7) is 3.58. The number of hydrogen-bond donors (Lipinski definition) is 1. The number of hydrogen-bond acceptors (Lipinski definition) is 9. The molecular weight excluding hydrogens is 492 g/mol. The van der Waals surface area contributed by atoms with Gasteiger partial charge in [-0.1, -0.05) is 24.3 Å². The molecule has 0 saturated carbocycles. The number of allylic oxidation sites excluding steroid dienone is 2. The zero-order valence-electron chi connectivity index (χ0n) is 21.5. The van der Waals surface area contributed by atoms with E-state index in [4.69, 9.17) is 23.9 Å². The highest BCUT2D eigenvalue weighted by Gasteiger charge is 2.39. The molecule has 2 aromatic carbocycles. The lowest BCUT2D eigenvalue weighted by atomic mass is 9.78. The molecule has 3 aromatic rings. The number of thiazole rings is 1. The number of carbonyl (C=O) groups excluding carboxylic acids is 2. The van der Waals surface area contributed by atoms with Gasteiger partial charge in [0.05, 0.1) is 51.2 Å². The van der Waals surface area contributed by atoms with Crippen LogP contribution < -0.4 is 14.8 Å². The van der Waals surface area contributed by atoms with E-state index in [1.165, 1.54) is 25.6 Å². The van der Waals surface area contributed by atoms with Crippen LogP contribution in [0, 0.1) is 0 Å². The van der Waals surface area contributed by atoms with Gasteiger partial charge in [-0.2, -0.15) is 0 Å². The highest BCUT2D eigenvalue weighted by molar-refractivity contribution is 7.13. The maximum Gasteiger partial charge on any atom is 0.336 e. The van der Waals surface area contributed by atoms with Crippen LogP contribution in [0.3, 0.4) is 0 Å². The number of ether oxygens (including phenoxy) is 4. The van der Waals surface area contributed by atoms with Crippen molar-refractivity contribution in [3.8, 4) is 33.3 Å². The molecule has 8 nitrogen and oxygen atoms in total. The first-order valence-electron chi connectivity index (χ1n) is 11.5. The highest BCUT2D eigenvalue weighted by Crippen LogP contribution is 2.44. The summed E-state index contributed by atoms with van der Waals surface area (Å²) in [6, 6.07) is 13.2. The fourth-order valence-electron chi connectivity index (χ4n) is 4.54. The molecule has 1 N–H and O–H groups in total. The van der Waals surface area contributed by atoms with E-state index in [0.717, 1.165) is 27.4 Å². The summed E-state index contributed by atoms with van der Waals surface area (Å²) in [6.07, 6.45) is 0. The third-order valence-electron chi connectivity index (χ3n) is 6.26. The first-order chi connectivity index (χ1) is 17.8. The lowest BCUT2D eigenvalue weighted by molar-refractivity contribution is -0.137. The number of esters is 2. The van der Waals surface area contributed by atoms with E-state index in [1.54, 1.807) is 28.1 Å². The Kier molecular flexibility index (Phi) is 7.63. The summed E-state index contributed by atoms with van der Waals surface area (Å²) in [5, 5.41) is 5.83. The summed E-state index contributed by atoms with van der Waals surface area (Å²) in [4.78, 5) is 30.8. The van der Waals surface area contributed by atoms with Crippen molar-refractivity contribution in [1.29, 1.82) is 0 Å². The van der Waals surface area contributed by atoms with Crippen molar-refractivity contribution in [2.24, 2.45) is 0 Å². The minimum atomic E-state index is -0.703. The van der Waals surface area contributed by atoms with Gasteiger partial charge in [-0.25, -0.2) is 14.6 Å². The largest absolute Gasteiger partial charge is 0.493 e. The van der Waals surface area contributed by atoms with Gasteiger partial charge in [-0.05, 0) is 37.6 Å². The van der Waals surface area contributed by atoms with Crippen molar-refractivity contribution in [3.63, 3.8) is 0 Å². The number of carbonyl (C=O) groups is 2. The first-order valence-corrected chi connectivity index (χ1v) is 12.3. The molecule has 0 saturated heterocycles. The van der Waals surface area contributed by atoms with Gasteiger partial charge < -0.3 is 24.3 Å². The van der Waals surface area contributed by atoms with Crippen LogP contribution in [0.1, 0.15) is 25.3 Å². The van der Waals surface area contributed by atoms with Gasteiger partial charge in [0, 0.05) is 27.9 Å². The van der Waals surface area contributed by atoms with Crippen molar-refractivity contribution in [2.45, 2.75) is 19.8 Å². The topological polar surface area (TPSA) is 96.0 Å². The lowest BCUT2D eigenvalue weighted by Crippen LogP contribution is -2.32. The first kappa shape index (κ1) is 26.0. The summed E-state index contributed by atoms with van der Waals surface area (Å²) in [5.74, 6) is -0.511. The van der Waals surface area contributed by atoms with E-state index in [1.807, 2.05) is 47.8 Å². The quantitative estimate of drug-likeness (QED) is 0.431. The molecule has 37 heavy (non-hydrogen) atoms. The molecule has 0 spiro atoms. The maximum absolute atomic E-state index is 12.9. The van der Waals surface area contributed by atoms with Crippen molar-refractivity contribution in [2.75, 3.05) is 28.4 Å². The number of rotatable bonds is 7. The fourth-order valence-corrected chi connectivity index (χ4v) is 5.41. The van der Waals surface area contributed by atoms with Crippen LogP contribution in [0.2, 0.25) is 0 Å². The lowest BCUT2D eigenvalue weighted by Gasteiger charge is -2.31. The van der Waals surface area contributed by atoms with E-state index in [0.29, 0.717) is 34.0 Å². The molecule has 0 fully saturated rings. The molecule has 4 rings (SSSR count). The van der Waals surface area contributed by atoms with Crippen LogP contribution in [-0.4, -0.2) is 45.4 Å². The molecule has 1 aromatic heterocycles. The standard InChI is InChI=1S/C28H28N2O6S/c1-15-23(27(31)35-5)25(24(16(2)29-15)28(32)36-6)18-9-7-8-10-19(18)26-30-20(14-37-26)17-11-12-21(33-3)22(13-17)34-4/h7-14,25,29H,1-6H3. The Bertz CT molecular complexity index is 1380. The minimum Gasteiger partial charge on any atom is -0.493 e. The van der Waals surface area contributed by atoms with E-state index in [-0.39, 0.29) is 0 Å². The van der Waals surface area contributed by atoms with E-state index >= 15 is 0 Å². The Morgan fingerprint density at radius 3 is 2.08 bits per heavy atom. The molecule has 0 atom stereocenters. The molecule has 0 unspecified atom stereocenters. The third kappa shape index (κ3) is 4.82. The van der Waals surface area contributed by atoms with Gasteiger partial charge in [-0.3, -0.25) is 0 Å². The van der Waals surface area contributed by atoms with Gasteiger partial charge >= 0.3 is 11.9 Å². The van der Waals surface area contributed by atoms with Crippen molar-refractivity contribution in [3.05, 3.63) is 75.9 Å². The molecule has 192 valence electrons. The smallest absolute Gasteiger partial charge is 0.336 e. The second kappa shape index (κ2) is 10.9. The number of nitrogens with zero attached hydrogens (tertiary/aromatic N) is 1. The van der Waals surface area contributed by atoms with E-state index < -0.39 is 17.9 Å². The summed E-state index contributed by atoms with van der Waals surface area (Å²) in [7, 11) is 5.83. The second-order valence-corrected chi connectivity index (χ2v) is 9.17. The van der Waals surface area contributed by atoms with Gasteiger partial charge in [0.1, 0.15) is 5.01 Å². The number of dihydropyridines is 1. The predicted octanol–water partition coefficient (Wildman–Crippen LogP) is 5.08. The molecular formula is C28H28N2O6S. The third-order valence-corrected chi connectivity index (χ3v) is 7.13. The molecule has 0 bridgehead atoms. The Balaban J connectivity index is 1.86. The average molecular weight is 521 g/mol. The Morgan fingerprint density at radius 2 is 1.49 bits per heavy atom. The SMILES string of the molecule is COC(=O)C1=C(C)NC(C)=C(C(=O)OC)C1c1ccccc1-c1nc(-c2ccc(OC)c(OC)c2)cs1. The predicted molar refractivity (Wildman–Crippen MR) is 141 cm³/mol. The van der Waals surface area contributed by atoms with Crippen LogP contribution in [0.5, 0.6) is 11.5 Å². The molecule has 0 radical (unpaired) electrons. The van der Waals surface area contributed by atoms with Crippen LogP contribution in [0.25, 0.3) is 21.8 Å². The van der Waals surface area contributed by atoms with E-state index in [2.05, 4.69) is 5.32 Å². The molecule has 9 heteroatoms. The second-order valence-electron chi connectivity index (χ2n) is 8.31. The molecule has 0 aliphatic carbocycles.